The number of aromatic nitrogens is 3. The molecule has 1 atom stereocenters. The Labute approximate surface area is 145 Å². The van der Waals surface area contributed by atoms with Crippen molar-refractivity contribution in [2.75, 3.05) is 6.54 Å². The molecule has 3 heterocycles. The zero-order valence-corrected chi connectivity index (χ0v) is 14.7. The SMILES string of the molecule is Cc1nc(C(=O)N2CCCCC2c2nc3ccccc3n2C)cs1. The third-order valence-electron chi connectivity index (χ3n) is 4.72. The van der Waals surface area contributed by atoms with Crippen LogP contribution < -0.4 is 0 Å². The van der Waals surface area contributed by atoms with Gasteiger partial charge in [-0.05, 0) is 38.3 Å². The molecule has 0 radical (unpaired) electrons. The van der Waals surface area contributed by atoms with Crippen molar-refractivity contribution < 1.29 is 4.79 Å². The maximum atomic E-state index is 13.0. The summed E-state index contributed by atoms with van der Waals surface area (Å²) < 4.78 is 2.12. The topological polar surface area (TPSA) is 51.0 Å². The minimum absolute atomic E-state index is 0.0191. The summed E-state index contributed by atoms with van der Waals surface area (Å²) in [5, 5.41) is 2.78. The van der Waals surface area contributed by atoms with Crippen LogP contribution in [-0.2, 0) is 7.05 Å². The number of amides is 1. The van der Waals surface area contributed by atoms with Crippen LogP contribution >= 0.6 is 11.3 Å². The highest BCUT2D eigenvalue weighted by molar-refractivity contribution is 7.09. The minimum Gasteiger partial charge on any atom is -0.329 e. The predicted octanol–water partition coefficient (Wildman–Crippen LogP) is 3.71. The van der Waals surface area contributed by atoms with E-state index in [1.54, 1.807) is 0 Å². The first kappa shape index (κ1) is 15.3. The number of carbonyl (C=O) groups is 1. The average molecular weight is 340 g/mol. The summed E-state index contributed by atoms with van der Waals surface area (Å²) in [5.74, 6) is 0.993. The lowest BCUT2D eigenvalue weighted by Gasteiger charge is -2.34. The molecule has 3 aromatic rings. The van der Waals surface area contributed by atoms with Gasteiger partial charge in [-0.1, -0.05) is 12.1 Å². The summed E-state index contributed by atoms with van der Waals surface area (Å²) >= 11 is 1.52. The molecular formula is C18H20N4OS. The van der Waals surface area contributed by atoms with Crippen molar-refractivity contribution in [1.29, 1.82) is 0 Å². The summed E-state index contributed by atoms with van der Waals surface area (Å²) in [6.07, 6.45) is 3.11. The molecule has 1 aromatic carbocycles. The van der Waals surface area contributed by atoms with Gasteiger partial charge in [-0.25, -0.2) is 9.97 Å². The van der Waals surface area contributed by atoms with E-state index in [-0.39, 0.29) is 11.9 Å². The van der Waals surface area contributed by atoms with Crippen LogP contribution in [0.1, 0.15) is 46.6 Å². The third-order valence-corrected chi connectivity index (χ3v) is 5.50. The number of fused-ring (bicyclic) bond motifs is 1. The predicted molar refractivity (Wildman–Crippen MR) is 95.2 cm³/mol. The monoisotopic (exact) mass is 340 g/mol. The molecule has 0 aliphatic carbocycles. The lowest BCUT2D eigenvalue weighted by atomic mass is 10.0. The number of thiazole rings is 1. The van der Waals surface area contributed by atoms with E-state index < -0.39 is 0 Å². The molecule has 1 amide bonds. The van der Waals surface area contributed by atoms with Gasteiger partial charge in [0.1, 0.15) is 11.5 Å². The molecule has 1 unspecified atom stereocenters. The van der Waals surface area contributed by atoms with Crippen molar-refractivity contribution in [3.8, 4) is 0 Å². The summed E-state index contributed by atoms with van der Waals surface area (Å²) in [5.41, 5.74) is 2.65. The second-order valence-corrected chi connectivity index (χ2v) is 7.34. The lowest BCUT2D eigenvalue weighted by molar-refractivity contribution is 0.0591. The van der Waals surface area contributed by atoms with E-state index in [2.05, 4.69) is 15.6 Å². The molecular weight excluding hydrogens is 320 g/mol. The summed E-state index contributed by atoms with van der Waals surface area (Å²) in [4.78, 5) is 24.1. The third kappa shape index (κ3) is 2.51. The van der Waals surface area contributed by atoms with Crippen LogP contribution in [-0.4, -0.2) is 31.9 Å². The van der Waals surface area contributed by atoms with Crippen LogP contribution in [0.3, 0.4) is 0 Å². The maximum absolute atomic E-state index is 13.0. The number of benzene rings is 1. The Kier molecular flexibility index (Phi) is 3.84. The number of nitrogens with zero attached hydrogens (tertiary/aromatic N) is 4. The van der Waals surface area contributed by atoms with E-state index in [1.807, 2.05) is 42.5 Å². The van der Waals surface area contributed by atoms with E-state index in [0.29, 0.717) is 5.69 Å². The van der Waals surface area contributed by atoms with Crippen molar-refractivity contribution >= 4 is 28.3 Å². The molecule has 0 bridgehead atoms. The Bertz CT molecular complexity index is 897. The molecule has 0 N–H and O–H groups in total. The zero-order valence-electron chi connectivity index (χ0n) is 13.9. The van der Waals surface area contributed by atoms with E-state index in [1.165, 1.54) is 11.3 Å². The molecule has 1 aliphatic rings. The summed E-state index contributed by atoms with van der Waals surface area (Å²) in [6.45, 7) is 2.70. The maximum Gasteiger partial charge on any atom is 0.273 e. The number of hydrogen-bond donors (Lipinski definition) is 0. The van der Waals surface area contributed by atoms with Crippen molar-refractivity contribution in [3.63, 3.8) is 0 Å². The van der Waals surface area contributed by atoms with Gasteiger partial charge < -0.3 is 9.47 Å². The van der Waals surface area contributed by atoms with Gasteiger partial charge in [-0.15, -0.1) is 11.3 Å². The number of rotatable bonds is 2. The van der Waals surface area contributed by atoms with Gasteiger partial charge in [0, 0.05) is 19.0 Å². The van der Waals surface area contributed by atoms with Crippen molar-refractivity contribution in [2.45, 2.75) is 32.2 Å². The molecule has 6 heteroatoms. The van der Waals surface area contributed by atoms with Crippen molar-refractivity contribution in [1.82, 2.24) is 19.4 Å². The fraction of sp³-hybridized carbons (Fsp3) is 0.389. The lowest BCUT2D eigenvalue weighted by Crippen LogP contribution is -2.39. The van der Waals surface area contributed by atoms with Gasteiger partial charge >= 0.3 is 0 Å². The second kappa shape index (κ2) is 6.02. The fourth-order valence-electron chi connectivity index (χ4n) is 3.51. The average Bonchev–Trinajstić information content (AvgIpc) is 3.18. The highest BCUT2D eigenvalue weighted by Crippen LogP contribution is 2.33. The fourth-order valence-corrected chi connectivity index (χ4v) is 4.10. The number of likely N-dealkylation sites (tertiary alicyclic amines) is 1. The quantitative estimate of drug-likeness (QED) is 0.715. The van der Waals surface area contributed by atoms with Crippen LogP contribution in [0.4, 0.5) is 0 Å². The van der Waals surface area contributed by atoms with Gasteiger partial charge in [-0.2, -0.15) is 0 Å². The number of imidazole rings is 1. The molecule has 24 heavy (non-hydrogen) atoms. The van der Waals surface area contributed by atoms with Gasteiger partial charge in [0.15, 0.2) is 0 Å². The van der Waals surface area contributed by atoms with Crippen LogP contribution in [0.5, 0.6) is 0 Å². The van der Waals surface area contributed by atoms with Gasteiger partial charge in [-0.3, -0.25) is 4.79 Å². The van der Waals surface area contributed by atoms with E-state index in [9.17, 15) is 4.79 Å². The molecule has 5 nitrogen and oxygen atoms in total. The van der Waals surface area contributed by atoms with Crippen LogP contribution in [0.2, 0.25) is 0 Å². The van der Waals surface area contributed by atoms with Crippen molar-refractivity contribution in [2.24, 2.45) is 7.05 Å². The number of carbonyl (C=O) groups excluding carboxylic acids is 1. The normalized spacial score (nSPS) is 18.2. The van der Waals surface area contributed by atoms with Gasteiger partial charge in [0.2, 0.25) is 0 Å². The number of hydrogen-bond acceptors (Lipinski definition) is 4. The molecule has 4 rings (SSSR count). The van der Waals surface area contributed by atoms with Crippen LogP contribution in [0.15, 0.2) is 29.6 Å². The first-order valence-electron chi connectivity index (χ1n) is 8.29. The standard InChI is InChI=1S/C18H20N4OS/c1-12-19-14(11-24-12)18(23)22-10-6-5-9-16(22)17-20-13-7-3-4-8-15(13)21(17)2/h3-4,7-8,11,16H,5-6,9-10H2,1-2H3. The highest BCUT2D eigenvalue weighted by Gasteiger charge is 2.32. The van der Waals surface area contributed by atoms with Gasteiger partial charge in [0.25, 0.3) is 5.91 Å². The Morgan fingerprint density at radius 3 is 2.83 bits per heavy atom. The first-order valence-corrected chi connectivity index (χ1v) is 9.17. The zero-order chi connectivity index (χ0) is 16.7. The minimum atomic E-state index is 0.0191. The Morgan fingerprint density at radius 2 is 2.08 bits per heavy atom. The smallest absolute Gasteiger partial charge is 0.273 e. The molecule has 124 valence electrons. The molecule has 1 saturated heterocycles. The van der Waals surface area contributed by atoms with Gasteiger partial charge in [0.05, 0.1) is 22.1 Å². The largest absolute Gasteiger partial charge is 0.329 e. The van der Waals surface area contributed by atoms with E-state index in [4.69, 9.17) is 4.98 Å². The molecule has 1 fully saturated rings. The Morgan fingerprint density at radius 1 is 1.25 bits per heavy atom. The van der Waals surface area contributed by atoms with E-state index >= 15 is 0 Å². The number of piperidine rings is 1. The molecule has 1 aliphatic heterocycles. The van der Waals surface area contributed by atoms with E-state index in [0.717, 1.165) is 47.7 Å². The first-order chi connectivity index (χ1) is 11.6. The molecule has 0 saturated carbocycles. The van der Waals surface area contributed by atoms with Crippen LogP contribution in [0, 0.1) is 6.92 Å². The van der Waals surface area contributed by atoms with Crippen molar-refractivity contribution in [3.05, 3.63) is 46.2 Å². The molecule has 0 spiro atoms. The summed E-state index contributed by atoms with van der Waals surface area (Å²) in [6, 6.07) is 8.14. The summed E-state index contributed by atoms with van der Waals surface area (Å²) in [7, 11) is 2.04. The highest BCUT2D eigenvalue weighted by atomic mass is 32.1. The Balaban J connectivity index is 1.73. The number of aryl methyl sites for hydroxylation is 2. The second-order valence-electron chi connectivity index (χ2n) is 6.28. The van der Waals surface area contributed by atoms with Crippen LogP contribution in [0.25, 0.3) is 11.0 Å². The Hall–Kier alpha value is -2.21. The number of para-hydroxylation sites is 2. The molecule has 2 aromatic heterocycles.